The van der Waals surface area contributed by atoms with E-state index in [2.05, 4.69) is 24.0 Å². The maximum absolute atomic E-state index is 12.0. The number of carbonyl (C=O) groups is 1. The number of cyclic esters (lactones) is 1. The molecule has 0 aliphatic carbocycles. The van der Waals surface area contributed by atoms with E-state index in [1.807, 2.05) is 54.6 Å². The van der Waals surface area contributed by atoms with Crippen LogP contribution in [0.4, 0.5) is 0 Å². The molecule has 4 nitrogen and oxygen atoms in total. The molecule has 0 radical (unpaired) electrons. The van der Waals surface area contributed by atoms with Gasteiger partial charge in [0.2, 0.25) is 5.90 Å². The highest BCUT2D eigenvalue weighted by Gasteiger charge is 2.24. The van der Waals surface area contributed by atoms with Crippen LogP contribution >= 0.6 is 11.8 Å². The van der Waals surface area contributed by atoms with Crippen molar-refractivity contribution in [3.8, 4) is 0 Å². The van der Waals surface area contributed by atoms with Crippen molar-refractivity contribution in [3.05, 3.63) is 89.3 Å². The van der Waals surface area contributed by atoms with Gasteiger partial charge in [0.15, 0.2) is 10.8 Å². The lowest BCUT2D eigenvalue weighted by Crippen LogP contribution is -2.04. The SMILES string of the molecule is Cc1ccc(Sc2ccc(/C=C3/N=C(c4ccccc4)OC3=O)o2)cc1. The lowest BCUT2D eigenvalue weighted by molar-refractivity contribution is -0.129. The van der Waals surface area contributed by atoms with Crippen molar-refractivity contribution in [1.29, 1.82) is 0 Å². The number of ether oxygens (including phenoxy) is 1. The minimum absolute atomic E-state index is 0.227. The lowest BCUT2D eigenvalue weighted by Gasteiger charge is -1.98. The van der Waals surface area contributed by atoms with Gasteiger partial charge in [-0.15, -0.1) is 0 Å². The summed E-state index contributed by atoms with van der Waals surface area (Å²) >= 11 is 1.53. The average molecular weight is 361 g/mol. The van der Waals surface area contributed by atoms with E-state index in [4.69, 9.17) is 9.15 Å². The third kappa shape index (κ3) is 3.63. The van der Waals surface area contributed by atoms with Crippen molar-refractivity contribution in [1.82, 2.24) is 0 Å². The summed E-state index contributed by atoms with van der Waals surface area (Å²) in [5.41, 5.74) is 2.20. The first kappa shape index (κ1) is 16.4. The van der Waals surface area contributed by atoms with Crippen LogP contribution < -0.4 is 0 Å². The summed E-state index contributed by atoms with van der Waals surface area (Å²) in [6.07, 6.45) is 1.59. The number of hydrogen-bond donors (Lipinski definition) is 0. The summed E-state index contributed by atoms with van der Waals surface area (Å²) < 4.78 is 11.0. The van der Waals surface area contributed by atoms with Crippen molar-refractivity contribution < 1.29 is 13.9 Å². The topological polar surface area (TPSA) is 51.8 Å². The number of aliphatic imine (C=N–C) groups is 1. The van der Waals surface area contributed by atoms with Crippen molar-refractivity contribution in [2.45, 2.75) is 16.9 Å². The molecular formula is C21H15NO3S. The molecule has 0 bridgehead atoms. The first-order chi connectivity index (χ1) is 12.7. The molecule has 1 aliphatic rings. The number of furan rings is 1. The number of hydrogen-bond acceptors (Lipinski definition) is 5. The molecule has 2 aromatic carbocycles. The molecule has 0 spiro atoms. The Kier molecular flexibility index (Phi) is 4.46. The third-order valence-electron chi connectivity index (χ3n) is 3.76. The molecule has 0 saturated heterocycles. The number of carbonyl (C=O) groups excluding carboxylic acids is 1. The molecule has 26 heavy (non-hydrogen) atoms. The highest BCUT2D eigenvalue weighted by Crippen LogP contribution is 2.30. The maximum atomic E-state index is 12.0. The molecular weight excluding hydrogens is 346 g/mol. The second-order valence-corrected chi connectivity index (χ2v) is 6.85. The van der Waals surface area contributed by atoms with Crippen LogP contribution in [0.1, 0.15) is 16.9 Å². The second-order valence-electron chi connectivity index (χ2n) is 5.77. The van der Waals surface area contributed by atoms with Crippen molar-refractivity contribution in [2.24, 2.45) is 4.99 Å². The van der Waals surface area contributed by atoms with Gasteiger partial charge in [-0.2, -0.15) is 0 Å². The molecule has 3 aromatic rings. The van der Waals surface area contributed by atoms with Gasteiger partial charge in [-0.25, -0.2) is 9.79 Å². The molecule has 0 fully saturated rings. The monoisotopic (exact) mass is 361 g/mol. The van der Waals surface area contributed by atoms with Crippen LogP contribution in [0.5, 0.6) is 0 Å². The molecule has 0 atom stereocenters. The van der Waals surface area contributed by atoms with Crippen LogP contribution in [0.15, 0.2) is 91.8 Å². The van der Waals surface area contributed by atoms with E-state index in [1.54, 1.807) is 6.08 Å². The Morgan fingerprint density at radius 1 is 0.962 bits per heavy atom. The zero-order valence-corrected chi connectivity index (χ0v) is 14.8. The van der Waals surface area contributed by atoms with Crippen LogP contribution in [-0.2, 0) is 9.53 Å². The fraction of sp³-hybridized carbons (Fsp3) is 0.0476. The van der Waals surface area contributed by atoms with Gasteiger partial charge in [0.05, 0.1) is 0 Å². The zero-order chi connectivity index (χ0) is 17.9. The summed E-state index contributed by atoms with van der Waals surface area (Å²) in [6, 6.07) is 21.2. The molecule has 2 heterocycles. The fourth-order valence-electron chi connectivity index (χ4n) is 2.44. The van der Waals surface area contributed by atoms with E-state index in [0.29, 0.717) is 11.7 Å². The summed E-state index contributed by atoms with van der Waals surface area (Å²) in [5, 5.41) is 0.749. The predicted molar refractivity (Wildman–Crippen MR) is 101 cm³/mol. The number of aryl methyl sites for hydroxylation is 1. The van der Waals surface area contributed by atoms with Crippen LogP contribution in [0.25, 0.3) is 6.08 Å². The van der Waals surface area contributed by atoms with Crippen LogP contribution in [0.2, 0.25) is 0 Å². The first-order valence-electron chi connectivity index (χ1n) is 8.10. The minimum atomic E-state index is -0.479. The molecule has 5 heteroatoms. The first-order valence-corrected chi connectivity index (χ1v) is 8.91. The number of esters is 1. The van der Waals surface area contributed by atoms with E-state index in [9.17, 15) is 4.79 Å². The molecule has 4 rings (SSSR count). The molecule has 0 saturated carbocycles. The Hall–Kier alpha value is -3.05. The molecule has 128 valence electrons. The predicted octanol–water partition coefficient (Wildman–Crippen LogP) is 5.08. The van der Waals surface area contributed by atoms with E-state index in [0.717, 1.165) is 15.6 Å². The van der Waals surface area contributed by atoms with Gasteiger partial charge in [0.1, 0.15) is 5.76 Å². The molecule has 0 N–H and O–H groups in total. The van der Waals surface area contributed by atoms with Crippen molar-refractivity contribution in [2.75, 3.05) is 0 Å². The quantitative estimate of drug-likeness (QED) is 0.480. The molecule has 0 unspecified atom stereocenters. The van der Waals surface area contributed by atoms with Gasteiger partial charge in [0, 0.05) is 16.5 Å². The van der Waals surface area contributed by atoms with E-state index in [1.165, 1.54) is 17.3 Å². The lowest BCUT2D eigenvalue weighted by atomic mass is 10.2. The van der Waals surface area contributed by atoms with Crippen LogP contribution in [-0.4, -0.2) is 11.9 Å². The van der Waals surface area contributed by atoms with Crippen molar-refractivity contribution in [3.63, 3.8) is 0 Å². The number of rotatable bonds is 4. The normalized spacial score (nSPS) is 15.2. The summed E-state index contributed by atoms with van der Waals surface area (Å²) in [4.78, 5) is 17.4. The highest BCUT2D eigenvalue weighted by atomic mass is 32.2. The van der Waals surface area contributed by atoms with E-state index >= 15 is 0 Å². The van der Waals surface area contributed by atoms with Gasteiger partial charge in [-0.3, -0.25) is 0 Å². The highest BCUT2D eigenvalue weighted by molar-refractivity contribution is 7.99. The van der Waals surface area contributed by atoms with E-state index in [-0.39, 0.29) is 5.70 Å². The Labute approximate surface area is 155 Å². The van der Waals surface area contributed by atoms with Crippen LogP contribution in [0, 0.1) is 6.92 Å². The smallest absolute Gasteiger partial charge is 0.363 e. The summed E-state index contributed by atoms with van der Waals surface area (Å²) in [6.45, 7) is 2.05. The average Bonchev–Trinajstić information content (AvgIpc) is 3.25. The zero-order valence-electron chi connectivity index (χ0n) is 14.0. The fourth-order valence-corrected chi connectivity index (χ4v) is 3.22. The second kappa shape index (κ2) is 7.06. The third-order valence-corrected chi connectivity index (χ3v) is 4.69. The Balaban J connectivity index is 1.53. The number of nitrogens with zero attached hydrogens (tertiary/aromatic N) is 1. The van der Waals surface area contributed by atoms with Crippen molar-refractivity contribution >= 4 is 29.7 Å². The molecule has 1 aromatic heterocycles. The minimum Gasteiger partial charge on any atom is -0.450 e. The van der Waals surface area contributed by atoms with Gasteiger partial charge < -0.3 is 9.15 Å². The summed E-state index contributed by atoms with van der Waals surface area (Å²) in [7, 11) is 0. The summed E-state index contributed by atoms with van der Waals surface area (Å²) in [5.74, 6) is 0.389. The van der Waals surface area contributed by atoms with Crippen LogP contribution in [0.3, 0.4) is 0 Å². The maximum Gasteiger partial charge on any atom is 0.363 e. The molecule has 1 aliphatic heterocycles. The molecule has 0 amide bonds. The Bertz CT molecular complexity index is 1000. The Morgan fingerprint density at radius 3 is 2.50 bits per heavy atom. The van der Waals surface area contributed by atoms with Gasteiger partial charge >= 0.3 is 5.97 Å². The van der Waals surface area contributed by atoms with Gasteiger partial charge in [-0.1, -0.05) is 47.7 Å². The van der Waals surface area contributed by atoms with E-state index < -0.39 is 5.97 Å². The number of benzene rings is 2. The largest absolute Gasteiger partial charge is 0.450 e. The Morgan fingerprint density at radius 2 is 1.73 bits per heavy atom. The standard InChI is InChI=1S/C21H15NO3S/c1-14-7-10-17(11-8-14)26-19-12-9-16(24-19)13-18-21(23)25-20(22-18)15-5-3-2-4-6-15/h2-13H,1H3/b18-13+. The van der Waals surface area contributed by atoms with Gasteiger partial charge in [0.25, 0.3) is 0 Å². The van der Waals surface area contributed by atoms with Gasteiger partial charge in [-0.05, 0) is 43.3 Å².